The number of primary amides is 1. The van der Waals surface area contributed by atoms with Crippen LogP contribution in [0.2, 0.25) is 0 Å². The molecule has 8 heteroatoms. The second-order valence-electron chi connectivity index (χ2n) is 7.33. The van der Waals surface area contributed by atoms with Crippen molar-refractivity contribution in [2.75, 3.05) is 23.8 Å². The Morgan fingerprint density at radius 3 is 2.88 bits per heavy atom. The molecule has 3 aromatic rings. The fraction of sp³-hybridized carbons (Fsp3) is 0.167. The third kappa shape index (κ3) is 4.68. The van der Waals surface area contributed by atoms with Crippen molar-refractivity contribution in [3.05, 3.63) is 71.4 Å². The van der Waals surface area contributed by atoms with Crippen molar-refractivity contribution in [2.24, 2.45) is 5.73 Å². The van der Waals surface area contributed by atoms with E-state index < -0.39 is 5.91 Å². The Balaban J connectivity index is 1.40. The van der Waals surface area contributed by atoms with Gasteiger partial charge in [0.1, 0.15) is 24.2 Å². The van der Waals surface area contributed by atoms with Gasteiger partial charge in [-0.05, 0) is 41.5 Å². The van der Waals surface area contributed by atoms with Gasteiger partial charge in [-0.15, -0.1) is 0 Å². The Morgan fingerprint density at radius 2 is 2.06 bits per heavy atom. The summed E-state index contributed by atoms with van der Waals surface area (Å²) in [6.07, 6.45) is 0.450. The van der Waals surface area contributed by atoms with Crippen molar-refractivity contribution in [2.45, 2.75) is 12.8 Å². The number of benzene rings is 2. The van der Waals surface area contributed by atoms with Crippen LogP contribution >= 0.6 is 0 Å². The quantitative estimate of drug-likeness (QED) is 0.474. The van der Waals surface area contributed by atoms with Gasteiger partial charge in [0.25, 0.3) is 0 Å². The third-order valence-corrected chi connectivity index (χ3v) is 5.05. The molecule has 1 aromatic heterocycles. The number of ether oxygens (including phenoxy) is 1. The average molecular weight is 427 g/mol. The molecular weight excluding hydrogens is 406 g/mol. The van der Waals surface area contributed by atoms with Crippen molar-refractivity contribution in [3.63, 3.8) is 0 Å². The van der Waals surface area contributed by atoms with Crippen LogP contribution in [0.15, 0.2) is 54.6 Å². The number of aromatic nitrogens is 1. The number of amides is 2. The van der Waals surface area contributed by atoms with Gasteiger partial charge in [0.05, 0.1) is 19.4 Å². The Bertz CT molecular complexity index is 1230. The van der Waals surface area contributed by atoms with E-state index >= 15 is 0 Å². The molecule has 0 spiro atoms. The minimum atomic E-state index is -0.418. The molecule has 0 bridgehead atoms. The molecule has 0 saturated heterocycles. The number of nitrogens with one attached hydrogen (secondary N) is 2. The molecule has 8 nitrogen and oxygen atoms in total. The van der Waals surface area contributed by atoms with Crippen LogP contribution in [0.3, 0.4) is 0 Å². The van der Waals surface area contributed by atoms with Gasteiger partial charge in [-0.1, -0.05) is 24.3 Å². The highest BCUT2D eigenvalue weighted by Gasteiger charge is 2.19. The van der Waals surface area contributed by atoms with Gasteiger partial charge in [0.15, 0.2) is 5.69 Å². The number of rotatable bonds is 8. The Morgan fingerprint density at radius 1 is 1.22 bits per heavy atom. The molecule has 2 amide bonds. The standard InChI is InChI=1S/C24H21N5O3/c25-14-20-18(15-5-7-19-17(11-15)13-24(31)29-19)6-8-23(28-20)27-9-10-32-21-4-2-1-3-16(21)12-22(26)30/h1-8,11H,9-10,12-13H2,(H2,26,30)(H,27,28)(H,29,31). The minimum absolute atomic E-state index is 0.0326. The number of hydrogen-bond acceptors (Lipinski definition) is 6. The number of hydrogen-bond donors (Lipinski definition) is 3. The lowest BCUT2D eigenvalue weighted by molar-refractivity contribution is -0.117. The molecule has 4 rings (SSSR count). The smallest absolute Gasteiger partial charge is 0.228 e. The van der Waals surface area contributed by atoms with E-state index in [1.807, 2.05) is 36.4 Å². The lowest BCUT2D eigenvalue weighted by Gasteiger charge is -2.12. The van der Waals surface area contributed by atoms with E-state index in [2.05, 4.69) is 21.7 Å². The first-order chi connectivity index (χ1) is 15.5. The first kappa shape index (κ1) is 20.9. The fourth-order valence-electron chi connectivity index (χ4n) is 3.59. The Hall–Kier alpha value is -4.38. The largest absolute Gasteiger partial charge is 0.491 e. The number of carbonyl (C=O) groups is 2. The second-order valence-corrected chi connectivity index (χ2v) is 7.33. The molecule has 4 N–H and O–H groups in total. The summed E-state index contributed by atoms with van der Waals surface area (Å²) in [7, 11) is 0. The van der Waals surface area contributed by atoms with Crippen LogP contribution in [0.4, 0.5) is 11.5 Å². The van der Waals surface area contributed by atoms with E-state index in [1.54, 1.807) is 18.2 Å². The van der Waals surface area contributed by atoms with Crippen LogP contribution < -0.4 is 21.1 Å². The highest BCUT2D eigenvalue weighted by molar-refractivity contribution is 5.99. The lowest BCUT2D eigenvalue weighted by atomic mass is 10.0. The van der Waals surface area contributed by atoms with E-state index in [1.165, 1.54) is 0 Å². The summed E-state index contributed by atoms with van der Waals surface area (Å²) in [6.45, 7) is 0.793. The lowest BCUT2D eigenvalue weighted by Crippen LogP contribution is -2.16. The van der Waals surface area contributed by atoms with E-state index in [0.29, 0.717) is 42.4 Å². The number of anilines is 2. The molecule has 2 heterocycles. The molecule has 32 heavy (non-hydrogen) atoms. The third-order valence-electron chi connectivity index (χ3n) is 5.05. The van der Waals surface area contributed by atoms with Crippen LogP contribution in [0.25, 0.3) is 11.1 Å². The number of pyridine rings is 1. The summed E-state index contributed by atoms with van der Waals surface area (Å²) in [5.41, 5.74) is 9.57. The molecular formula is C24H21N5O3. The molecule has 1 aliphatic heterocycles. The minimum Gasteiger partial charge on any atom is -0.491 e. The molecule has 0 fully saturated rings. The summed E-state index contributed by atoms with van der Waals surface area (Å²) in [5, 5.41) is 15.5. The summed E-state index contributed by atoms with van der Waals surface area (Å²) in [6, 6.07) is 18.7. The Kier molecular flexibility index (Phi) is 5.99. The molecule has 0 saturated carbocycles. The molecule has 0 atom stereocenters. The molecule has 2 aromatic carbocycles. The molecule has 0 unspecified atom stereocenters. The number of nitrogens with zero attached hydrogens (tertiary/aromatic N) is 2. The van der Waals surface area contributed by atoms with Crippen LogP contribution in [0, 0.1) is 11.3 Å². The monoisotopic (exact) mass is 427 g/mol. The van der Waals surface area contributed by atoms with Crippen LogP contribution in [0.1, 0.15) is 16.8 Å². The molecule has 0 aliphatic carbocycles. The molecule has 160 valence electrons. The number of fused-ring (bicyclic) bond motifs is 1. The zero-order valence-electron chi connectivity index (χ0n) is 17.2. The average Bonchev–Trinajstić information content (AvgIpc) is 3.16. The van der Waals surface area contributed by atoms with Gasteiger partial charge in [0.2, 0.25) is 11.8 Å². The first-order valence-electron chi connectivity index (χ1n) is 10.1. The van der Waals surface area contributed by atoms with E-state index in [4.69, 9.17) is 10.5 Å². The summed E-state index contributed by atoms with van der Waals surface area (Å²) < 4.78 is 5.76. The van der Waals surface area contributed by atoms with Crippen molar-refractivity contribution in [1.82, 2.24) is 4.98 Å². The predicted molar refractivity (Wildman–Crippen MR) is 120 cm³/mol. The SMILES string of the molecule is N#Cc1nc(NCCOc2ccccc2CC(N)=O)ccc1-c1ccc2c(c1)CC(=O)N2. The van der Waals surface area contributed by atoms with Crippen molar-refractivity contribution < 1.29 is 14.3 Å². The number of nitriles is 1. The van der Waals surface area contributed by atoms with Gasteiger partial charge < -0.3 is 21.1 Å². The number of para-hydroxylation sites is 1. The predicted octanol–water partition coefficient (Wildman–Crippen LogP) is 2.63. The highest BCUT2D eigenvalue weighted by Crippen LogP contribution is 2.30. The van der Waals surface area contributed by atoms with E-state index in [9.17, 15) is 14.9 Å². The normalized spacial score (nSPS) is 11.9. The van der Waals surface area contributed by atoms with Gasteiger partial charge in [-0.25, -0.2) is 4.98 Å². The van der Waals surface area contributed by atoms with Gasteiger partial charge in [0, 0.05) is 16.8 Å². The van der Waals surface area contributed by atoms with Crippen LogP contribution in [-0.2, 0) is 22.4 Å². The van der Waals surface area contributed by atoms with Crippen LogP contribution in [0.5, 0.6) is 5.75 Å². The second kappa shape index (κ2) is 9.18. The number of carbonyl (C=O) groups excluding carboxylic acids is 2. The molecule has 1 aliphatic rings. The topological polar surface area (TPSA) is 130 Å². The fourth-order valence-corrected chi connectivity index (χ4v) is 3.59. The van der Waals surface area contributed by atoms with Crippen molar-refractivity contribution >= 4 is 23.3 Å². The summed E-state index contributed by atoms with van der Waals surface area (Å²) >= 11 is 0. The van der Waals surface area contributed by atoms with E-state index in [-0.39, 0.29) is 12.3 Å². The maximum Gasteiger partial charge on any atom is 0.228 e. The van der Waals surface area contributed by atoms with Crippen LogP contribution in [-0.4, -0.2) is 29.9 Å². The van der Waals surface area contributed by atoms with Crippen molar-refractivity contribution in [1.29, 1.82) is 5.26 Å². The molecule has 0 radical (unpaired) electrons. The van der Waals surface area contributed by atoms with Gasteiger partial charge >= 0.3 is 0 Å². The van der Waals surface area contributed by atoms with Gasteiger partial charge in [-0.2, -0.15) is 5.26 Å². The van der Waals surface area contributed by atoms with Gasteiger partial charge in [-0.3, -0.25) is 9.59 Å². The maximum atomic E-state index is 11.6. The van der Waals surface area contributed by atoms with E-state index in [0.717, 1.165) is 22.4 Å². The zero-order chi connectivity index (χ0) is 22.5. The zero-order valence-corrected chi connectivity index (χ0v) is 17.2. The summed E-state index contributed by atoms with van der Waals surface area (Å²) in [4.78, 5) is 27.2. The maximum absolute atomic E-state index is 11.6. The first-order valence-corrected chi connectivity index (χ1v) is 10.1. The Labute approximate surface area is 185 Å². The highest BCUT2D eigenvalue weighted by atomic mass is 16.5. The van der Waals surface area contributed by atoms with Crippen molar-refractivity contribution in [3.8, 4) is 22.9 Å². The number of nitrogens with two attached hydrogens (primary N) is 1. The summed E-state index contributed by atoms with van der Waals surface area (Å²) in [5.74, 6) is 0.713.